The van der Waals surface area contributed by atoms with Gasteiger partial charge in [0.2, 0.25) is 5.91 Å². The van der Waals surface area contributed by atoms with Crippen LogP contribution in [0.1, 0.15) is 46.0 Å². The van der Waals surface area contributed by atoms with Gasteiger partial charge < -0.3 is 0 Å². The maximum atomic E-state index is 12.6. The first-order valence-corrected chi connectivity index (χ1v) is 7.01. The van der Waals surface area contributed by atoms with E-state index in [2.05, 4.69) is 5.32 Å². The van der Waals surface area contributed by atoms with E-state index >= 15 is 0 Å². The summed E-state index contributed by atoms with van der Waals surface area (Å²) in [6.45, 7) is 5.00. The molecule has 106 valence electrons. The van der Waals surface area contributed by atoms with E-state index in [0.29, 0.717) is 25.9 Å². The average Bonchev–Trinajstić information content (AvgIpc) is 2.41. The summed E-state index contributed by atoms with van der Waals surface area (Å²) in [6, 6.07) is -0.602. The van der Waals surface area contributed by atoms with E-state index in [1.807, 2.05) is 13.8 Å². The Kier molecular flexibility index (Phi) is 3.89. The maximum Gasteiger partial charge on any atom is 0.345 e. The SMILES string of the molecule is CCC1(CC)C(=O)NC(=O)N(N2CCCCC2)C1=O. The van der Waals surface area contributed by atoms with Crippen LogP contribution in [0.25, 0.3) is 0 Å². The molecule has 19 heavy (non-hydrogen) atoms. The maximum absolute atomic E-state index is 12.6. The van der Waals surface area contributed by atoms with E-state index in [0.717, 1.165) is 24.3 Å². The van der Waals surface area contributed by atoms with Gasteiger partial charge in [0.1, 0.15) is 5.41 Å². The number of nitrogens with one attached hydrogen (secondary N) is 1. The van der Waals surface area contributed by atoms with E-state index in [4.69, 9.17) is 0 Å². The normalized spacial score (nSPS) is 24.5. The summed E-state index contributed by atoms with van der Waals surface area (Å²) >= 11 is 0. The summed E-state index contributed by atoms with van der Waals surface area (Å²) in [6.07, 6.45) is 3.87. The number of carbonyl (C=O) groups is 3. The first-order chi connectivity index (χ1) is 9.06. The number of urea groups is 1. The molecule has 6 nitrogen and oxygen atoms in total. The third kappa shape index (κ3) is 2.14. The van der Waals surface area contributed by atoms with E-state index in [-0.39, 0.29) is 5.91 Å². The second-order valence-electron chi connectivity index (χ2n) is 5.18. The lowest BCUT2D eigenvalue weighted by molar-refractivity contribution is -0.164. The first-order valence-electron chi connectivity index (χ1n) is 7.01. The molecule has 0 aromatic rings. The van der Waals surface area contributed by atoms with Gasteiger partial charge in [-0.05, 0) is 25.7 Å². The van der Waals surface area contributed by atoms with Crippen LogP contribution in [0.2, 0.25) is 0 Å². The molecule has 1 N–H and O–H groups in total. The number of nitrogens with zero attached hydrogens (tertiary/aromatic N) is 2. The fourth-order valence-electron chi connectivity index (χ4n) is 2.87. The van der Waals surface area contributed by atoms with Gasteiger partial charge >= 0.3 is 6.03 Å². The van der Waals surface area contributed by atoms with Gasteiger partial charge in [-0.25, -0.2) is 9.80 Å². The van der Waals surface area contributed by atoms with Crippen molar-refractivity contribution in [2.24, 2.45) is 5.41 Å². The molecule has 0 bridgehead atoms. The molecule has 6 heteroatoms. The second-order valence-corrected chi connectivity index (χ2v) is 5.18. The van der Waals surface area contributed by atoms with Crippen molar-refractivity contribution in [3.05, 3.63) is 0 Å². The largest absolute Gasteiger partial charge is 0.345 e. The summed E-state index contributed by atoms with van der Waals surface area (Å²) < 4.78 is 0. The monoisotopic (exact) mass is 267 g/mol. The molecule has 0 aromatic heterocycles. The number of hydrogen-bond donors (Lipinski definition) is 1. The molecule has 0 atom stereocenters. The van der Waals surface area contributed by atoms with Crippen molar-refractivity contribution in [2.75, 3.05) is 13.1 Å². The van der Waals surface area contributed by atoms with Crippen LogP contribution in [-0.2, 0) is 9.59 Å². The summed E-state index contributed by atoms with van der Waals surface area (Å²) in [7, 11) is 0. The molecule has 0 spiro atoms. The lowest BCUT2D eigenvalue weighted by Gasteiger charge is -2.43. The predicted octanol–water partition coefficient (Wildman–Crippen LogP) is 1.27. The molecule has 2 fully saturated rings. The van der Waals surface area contributed by atoms with E-state index < -0.39 is 17.4 Å². The van der Waals surface area contributed by atoms with E-state index in [1.165, 1.54) is 0 Å². The summed E-state index contributed by atoms with van der Waals surface area (Å²) in [5.41, 5.74) is -1.09. The number of barbiturate groups is 1. The van der Waals surface area contributed by atoms with Gasteiger partial charge in [0, 0.05) is 13.1 Å². The van der Waals surface area contributed by atoms with Gasteiger partial charge in [-0.15, -0.1) is 0 Å². The Balaban J connectivity index is 2.29. The Labute approximate surface area is 113 Å². The van der Waals surface area contributed by atoms with Crippen molar-refractivity contribution in [3.63, 3.8) is 0 Å². The molecule has 2 aliphatic heterocycles. The van der Waals surface area contributed by atoms with Crippen LogP contribution in [0.4, 0.5) is 4.79 Å². The van der Waals surface area contributed by atoms with Gasteiger partial charge in [0.25, 0.3) is 5.91 Å². The lowest BCUT2D eigenvalue weighted by Crippen LogP contribution is -2.68. The number of rotatable bonds is 3. The van der Waals surface area contributed by atoms with Crippen LogP contribution in [-0.4, -0.2) is 41.0 Å². The molecule has 0 unspecified atom stereocenters. The molecular weight excluding hydrogens is 246 g/mol. The number of piperidine rings is 1. The minimum absolute atomic E-state index is 0.367. The lowest BCUT2D eigenvalue weighted by atomic mass is 9.79. The standard InChI is InChI=1S/C13H21N3O3/c1-3-13(4-2)10(17)14-12(19)16(11(13)18)15-8-6-5-7-9-15/h3-9H2,1-2H3,(H,14,17,19). The highest BCUT2D eigenvalue weighted by molar-refractivity contribution is 6.18. The van der Waals surface area contributed by atoms with Crippen LogP contribution in [0.5, 0.6) is 0 Å². The van der Waals surface area contributed by atoms with Crippen molar-refractivity contribution >= 4 is 17.8 Å². The Morgan fingerprint density at radius 3 is 2.16 bits per heavy atom. The molecule has 2 rings (SSSR count). The zero-order valence-corrected chi connectivity index (χ0v) is 11.6. The van der Waals surface area contributed by atoms with E-state index in [1.54, 1.807) is 5.01 Å². The summed E-state index contributed by atoms with van der Waals surface area (Å²) in [5, 5.41) is 5.27. The van der Waals surface area contributed by atoms with Crippen LogP contribution in [0.3, 0.4) is 0 Å². The van der Waals surface area contributed by atoms with Crippen molar-refractivity contribution < 1.29 is 14.4 Å². The first kappa shape index (κ1) is 14.0. The third-order valence-corrected chi connectivity index (χ3v) is 4.27. The van der Waals surface area contributed by atoms with Crippen LogP contribution >= 0.6 is 0 Å². The van der Waals surface area contributed by atoms with Crippen molar-refractivity contribution in [3.8, 4) is 0 Å². The highest BCUT2D eigenvalue weighted by Gasteiger charge is 2.53. The van der Waals surface area contributed by atoms with Gasteiger partial charge in [-0.2, -0.15) is 5.01 Å². The fraction of sp³-hybridized carbons (Fsp3) is 0.769. The Hall–Kier alpha value is -1.43. The third-order valence-electron chi connectivity index (χ3n) is 4.27. The predicted molar refractivity (Wildman–Crippen MR) is 68.8 cm³/mol. The molecule has 2 saturated heterocycles. The number of imide groups is 2. The molecule has 2 heterocycles. The number of carbonyl (C=O) groups excluding carboxylic acids is 3. The zero-order valence-electron chi connectivity index (χ0n) is 11.6. The number of hydrogen-bond acceptors (Lipinski definition) is 4. The number of hydrazine groups is 1. The molecule has 0 aromatic carbocycles. The minimum atomic E-state index is -1.09. The molecule has 4 amide bonds. The van der Waals surface area contributed by atoms with Crippen LogP contribution in [0, 0.1) is 5.41 Å². The highest BCUT2D eigenvalue weighted by atomic mass is 16.2. The van der Waals surface area contributed by atoms with Gasteiger partial charge in [-0.1, -0.05) is 20.3 Å². The summed E-state index contributed by atoms with van der Waals surface area (Å²) in [5.74, 6) is -0.825. The minimum Gasteiger partial charge on any atom is -0.275 e. The van der Waals surface area contributed by atoms with Gasteiger partial charge in [0.15, 0.2) is 0 Å². The molecule has 0 radical (unpaired) electrons. The highest BCUT2D eigenvalue weighted by Crippen LogP contribution is 2.33. The van der Waals surface area contributed by atoms with E-state index in [9.17, 15) is 14.4 Å². The average molecular weight is 267 g/mol. The van der Waals surface area contributed by atoms with Gasteiger partial charge in [-0.3, -0.25) is 14.9 Å². The molecule has 0 saturated carbocycles. The quantitative estimate of drug-likeness (QED) is 0.782. The Morgan fingerprint density at radius 1 is 1.05 bits per heavy atom. The summed E-state index contributed by atoms with van der Waals surface area (Å²) in [4.78, 5) is 36.6. The second kappa shape index (κ2) is 5.28. The number of amides is 4. The Bertz CT molecular complexity index is 398. The van der Waals surface area contributed by atoms with Crippen molar-refractivity contribution in [1.82, 2.24) is 15.3 Å². The van der Waals surface area contributed by atoms with Crippen LogP contribution in [0.15, 0.2) is 0 Å². The molecular formula is C13H21N3O3. The molecule has 0 aliphatic carbocycles. The van der Waals surface area contributed by atoms with Crippen molar-refractivity contribution in [1.29, 1.82) is 0 Å². The Morgan fingerprint density at radius 2 is 1.63 bits per heavy atom. The smallest absolute Gasteiger partial charge is 0.275 e. The van der Waals surface area contributed by atoms with Crippen molar-refractivity contribution in [2.45, 2.75) is 46.0 Å². The van der Waals surface area contributed by atoms with Gasteiger partial charge in [0.05, 0.1) is 0 Å². The fourth-order valence-corrected chi connectivity index (χ4v) is 2.87. The van der Waals surface area contributed by atoms with Crippen LogP contribution < -0.4 is 5.32 Å². The topological polar surface area (TPSA) is 69.7 Å². The molecule has 2 aliphatic rings. The zero-order chi connectivity index (χ0) is 14.0.